The zero-order chi connectivity index (χ0) is 22.1. The normalized spacial score (nSPS) is 15.3. The summed E-state index contributed by atoms with van der Waals surface area (Å²) in [6.45, 7) is 7.20. The zero-order valence-electron chi connectivity index (χ0n) is 19.0. The fourth-order valence-electron chi connectivity index (χ4n) is 5.12. The lowest BCUT2D eigenvalue weighted by Crippen LogP contribution is -2.28. The third kappa shape index (κ3) is 3.49. The lowest BCUT2D eigenvalue weighted by atomic mass is 9.89. The van der Waals surface area contributed by atoms with E-state index in [1.165, 1.54) is 49.4 Å². The van der Waals surface area contributed by atoms with Gasteiger partial charge in [-0.15, -0.1) is 0 Å². The highest BCUT2D eigenvalue weighted by atomic mass is 28.3. The van der Waals surface area contributed by atoms with E-state index in [0.717, 1.165) is 0 Å². The maximum Gasteiger partial charge on any atom is 0.115 e. The van der Waals surface area contributed by atoms with Gasteiger partial charge in [0, 0.05) is 0 Å². The second-order valence-electron chi connectivity index (χ2n) is 9.09. The van der Waals surface area contributed by atoms with Crippen molar-refractivity contribution in [3.8, 4) is 0 Å². The molecule has 4 aromatic rings. The molecule has 0 saturated carbocycles. The summed E-state index contributed by atoms with van der Waals surface area (Å²) in [5.74, 6) is 0. The molecule has 5 rings (SSSR count). The molecule has 0 spiro atoms. The Kier molecular flexibility index (Phi) is 5.28. The maximum atomic E-state index is 2.52. The summed E-state index contributed by atoms with van der Waals surface area (Å²) < 4.78 is 0. The SMILES string of the molecule is Cc1ccc(C2=C(c3ccccc3)C(c3ccccc3)=C(c3ccccc3)[Si]2(C)C)cc1. The fraction of sp³-hybridized carbons (Fsp3) is 0.0968. The zero-order valence-corrected chi connectivity index (χ0v) is 20.0. The Morgan fingerprint density at radius 3 is 1.16 bits per heavy atom. The van der Waals surface area contributed by atoms with Crippen LogP contribution in [0.4, 0.5) is 0 Å². The van der Waals surface area contributed by atoms with Gasteiger partial charge in [-0.1, -0.05) is 134 Å². The smallest absolute Gasteiger partial charge is 0.0622 e. The summed E-state index contributed by atoms with van der Waals surface area (Å²) in [5.41, 5.74) is 9.39. The molecule has 156 valence electrons. The fourth-order valence-corrected chi connectivity index (χ4v) is 8.94. The number of hydrogen-bond acceptors (Lipinski definition) is 0. The van der Waals surface area contributed by atoms with Gasteiger partial charge in [0.15, 0.2) is 0 Å². The van der Waals surface area contributed by atoms with Crippen LogP contribution in [0, 0.1) is 6.92 Å². The van der Waals surface area contributed by atoms with E-state index in [-0.39, 0.29) is 0 Å². The Morgan fingerprint density at radius 1 is 0.406 bits per heavy atom. The molecule has 0 amide bonds. The molecule has 0 nitrogen and oxygen atoms in total. The molecule has 0 fully saturated rings. The van der Waals surface area contributed by atoms with Crippen LogP contribution in [0.1, 0.15) is 27.8 Å². The Morgan fingerprint density at radius 2 is 0.750 bits per heavy atom. The van der Waals surface area contributed by atoms with Crippen molar-refractivity contribution < 1.29 is 0 Å². The quantitative estimate of drug-likeness (QED) is 0.287. The second-order valence-corrected chi connectivity index (χ2v) is 13.3. The first-order valence-corrected chi connectivity index (χ1v) is 14.3. The minimum Gasteiger partial charge on any atom is -0.0622 e. The molecule has 0 radical (unpaired) electrons. The molecule has 0 aromatic heterocycles. The van der Waals surface area contributed by atoms with Crippen LogP contribution in [0.5, 0.6) is 0 Å². The molecule has 0 saturated heterocycles. The molecule has 0 aliphatic carbocycles. The minimum absolute atomic E-state index is 1.30. The number of rotatable bonds is 4. The first kappa shape index (κ1) is 20.5. The predicted octanol–water partition coefficient (Wildman–Crippen LogP) is 8.32. The van der Waals surface area contributed by atoms with E-state index in [2.05, 4.69) is 135 Å². The lowest BCUT2D eigenvalue weighted by Gasteiger charge is -2.26. The first-order chi connectivity index (χ1) is 15.6. The van der Waals surface area contributed by atoms with Crippen molar-refractivity contribution in [3.05, 3.63) is 143 Å². The first-order valence-electron chi connectivity index (χ1n) is 11.3. The standard InChI is InChI=1S/C31H28Si/c1-23-19-21-27(22-20-23)31-29(25-15-9-5-10-16-25)28(24-13-7-4-8-14-24)30(32(31,2)3)26-17-11-6-12-18-26/h4-22H,1-3H3. The number of aryl methyl sites for hydroxylation is 1. The number of allylic oxidation sites excluding steroid dienone is 2. The second kappa shape index (κ2) is 8.25. The van der Waals surface area contributed by atoms with Crippen LogP contribution in [-0.4, -0.2) is 8.07 Å². The summed E-state index contributed by atoms with van der Waals surface area (Å²) in [7, 11) is -2.03. The van der Waals surface area contributed by atoms with Crippen molar-refractivity contribution in [3.63, 3.8) is 0 Å². The van der Waals surface area contributed by atoms with Gasteiger partial charge >= 0.3 is 0 Å². The van der Waals surface area contributed by atoms with E-state index in [0.29, 0.717) is 0 Å². The summed E-state index contributed by atoms with van der Waals surface area (Å²) in [4.78, 5) is 0. The third-order valence-electron chi connectivity index (χ3n) is 6.53. The van der Waals surface area contributed by atoms with Crippen molar-refractivity contribution in [2.45, 2.75) is 20.0 Å². The molecule has 1 heteroatoms. The van der Waals surface area contributed by atoms with Crippen molar-refractivity contribution in [1.29, 1.82) is 0 Å². The van der Waals surface area contributed by atoms with E-state index in [9.17, 15) is 0 Å². The van der Waals surface area contributed by atoms with Gasteiger partial charge in [-0.3, -0.25) is 0 Å². The van der Waals surface area contributed by atoms with Crippen LogP contribution in [0.2, 0.25) is 13.1 Å². The monoisotopic (exact) mass is 428 g/mol. The third-order valence-corrected chi connectivity index (χ3v) is 10.1. The Balaban J connectivity index is 1.91. The lowest BCUT2D eigenvalue weighted by molar-refractivity contribution is 1.46. The van der Waals surface area contributed by atoms with E-state index in [1.54, 1.807) is 0 Å². The largest absolute Gasteiger partial charge is 0.115 e. The maximum absolute atomic E-state index is 2.52. The van der Waals surface area contributed by atoms with Gasteiger partial charge in [-0.2, -0.15) is 0 Å². The van der Waals surface area contributed by atoms with Gasteiger partial charge in [-0.25, -0.2) is 0 Å². The van der Waals surface area contributed by atoms with Gasteiger partial charge in [-0.05, 0) is 50.7 Å². The van der Waals surface area contributed by atoms with Crippen molar-refractivity contribution in [1.82, 2.24) is 0 Å². The molecular weight excluding hydrogens is 400 g/mol. The summed E-state index contributed by atoms with van der Waals surface area (Å²) in [5, 5.41) is 3.06. The Bertz CT molecular complexity index is 1290. The van der Waals surface area contributed by atoms with Crippen LogP contribution in [-0.2, 0) is 0 Å². The van der Waals surface area contributed by atoms with E-state index in [1.807, 2.05) is 0 Å². The summed E-state index contributed by atoms with van der Waals surface area (Å²) in [6.07, 6.45) is 0. The Labute approximate surface area is 192 Å². The highest BCUT2D eigenvalue weighted by Crippen LogP contribution is 2.55. The average molecular weight is 429 g/mol. The van der Waals surface area contributed by atoms with Gasteiger partial charge in [0.2, 0.25) is 0 Å². The van der Waals surface area contributed by atoms with Crippen LogP contribution < -0.4 is 0 Å². The molecule has 1 heterocycles. The van der Waals surface area contributed by atoms with Crippen LogP contribution in [0.3, 0.4) is 0 Å². The molecule has 1 aliphatic heterocycles. The molecule has 4 aromatic carbocycles. The number of benzene rings is 4. The average Bonchev–Trinajstić information content (AvgIpc) is 3.08. The molecular formula is C31H28Si. The summed E-state index contributed by atoms with van der Waals surface area (Å²) in [6, 6.07) is 42.1. The van der Waals surface area contributed by atoms with E-state index in [4.69, 9.17) is 0 Å². The van der Waals surface area contributed by atoms with Gasteiger partial charge in [0.25, 0.3) is 0 Å². The highest BCUT2D eigenvalue weighted by Gasteiger charge is 2.43. The highest BCUT2D eigenvalue weighted by molar-refractivity contribution is 7.13. The molecule has 0 bridgehead atoms. The molecule has 1 aliphatic rings. The summed E-state index contributed by atoms with van der Waals surface area (Å²) >= 11 is 0. The van der Waals surface area contributed by atoms with Crippen LogP contribution in [0.15, 0.2) is 115 Å². The van der Waals surface area contributed by atoms with Crippen LogP contribution in [0.25, 0.3) is 21.5 Å². The molecule has 0 atom stereocenters. The van der Waals surface area contributed by atoms with Crippen molar-refractivity contribution in [2.24, 2.45) is 0 Å². The topological polar surface area (TPSA) is 0 Å². The Hall–Kier alpha value is -3.42. The van der Waals surface area contributed by atoms with Gasteiger partial charge in [0.05, 0.1) is 0 Å². The predicted molar refractivity (Wildman–Crippen MR) is 142 cm³/mol. The van der Waals surface area contributed by atoms with Crippen LogP contribution >= 0.6 is 0 Å². The van der Waals surface area contributed by atoms with Gasteiger partial charge in [0.1, 0.15) is 8.07 Å². The van der Waals surface area contributed by atoms with E-state index >= 15 is 0 Å². The van der Waals surface area contributed by atoms with Crippen molar-refractivity contribution >= 4 is 29.6 Å². The molecule has 0 unspecified atom stereocenters. The molecule has 0 N–H and O–H groups in total. The van der Waals surface area contributed by atoms with Crippen molar-refractivity contribution in [2.75, 3.05) is 0 Å². The van der Waals surface area contributed by atoms with Gasteiger partial charge < -0.3 is 0 Å². The van der Waals surface area contributed by atoms with E-state index < -0.39 is 8.07 Å². The molecule has 32 heavy (non-hydrogen) atoms. The number of hydrogen-bond donors (Lipinski definition) is 0. The minimum atomic E-state index is -2.03.